The molecule has 0 bridgehead atoms. The van der Waals surface area contributed by atoms with Gasteiger partial charge in [-0.15, -0.1) is 0 Å². The summed E-state index contributed by atoms with van der Waals surface area (Å²) in [6.07, 6.45) is 0.975. The topological polar surface area (TPSA) is 32.3 Å². The highest BCUT2D eigenvalue weighted by Crippen LogP contribution is 2.37. The molecular formula is C17H18N2O. The first-order chi connectivity index (χ1) is 9.65. The Labute approximate surface area is 119 Å². The summed E-state index contributed by atoms with van der Waals surface area (Å²) in [5.74, 6) is 0.0776. The van der Waals surface area contributed by atoms with Gasteiger partial charge < -0.3 is 10.2 Å². The lowest BCUT2D eigenvalue weighted by Gasteiger charge is -2.12. The van der Waals surface area contributed by atoms with Crippen LogP contribution in [0.25, 0.3) is 11.1 Å². The van der Waals surface area contributed by atoms with E-state index in [2.05, 4.69) is 41.7 Å². The fourth-order valence-corrected chi connectivity index (χ4v) is 2.59. The molecule has 3 rings (SSSR count). The summed E-state index contributed by atoms with van der Waals surface area (Å²) in [6.45, 7) is 0.332. The molecule has 1 amide bonds. The van der Waals surface area contributed by atoms with Crippen molar-refractivity contribution in [1.29, 1.82) is 0 Å². The maximum Gasteiger partial charge on any atom is 0.241 e. The van der Waals surface area contributed by atoms with Crippen LogP contribution in [0, 0.1) is 0 Å². The minimum atomic E-state index is 0.0776. The predicted molar refractivity (Wildman–Crippen MR) is 81.9 cm³/mol. The minimum absolute atomic E-state index is 0.0776. The smallest absolute Gasteiger partial charge is 0.241 e. The van der Waals surface area contributed by atoms with Gasteiger partial charge in [0.1, 0.15) is 0 Å². The van der Waals surface area contributed by atoms with Crippen LogP contribution in [0.15, 0.2) is 42.5 Å². The molecule has 0 unspecified atom stereocenters. The van der Waals surface area contributed by atoms with E-state index in [0.717, 1.165) is 12.1 Å². The third-order valence-corrected chi connectivity index (χ3v) is 3.74. The zero-order valence-electron chi connectivity index (χ0n) is 11.8. The van der Waals surface area contributed by atoms with Crippen molar-refractivity contribution < 1.29 is 4.79 Å². The number of nitrogens with zero attached hydrogens (tertiary/aromatic N) is 1. The number of fused-ring (bicyclic) bond motifs is 3. The Morgan fingerprint density at radius 1 is 1.10 bits per heavy atom. The quantitative estimate of drug-likeness (QED) is 0.790. The Kier molecular flexibility index (Phi) is 3.18. The van der Waals surface area contributed by atoms with E-state index in [1.54, 1.807) is 19.0 Å². The number of rotatable bonds is 3. The molecule has 0 aromatic heterocycles. The van der Waals surface area contributed by atoms with Crippen molar-refractivity contribution in [3.63, 3.8) is 0 Å². The molecule has 20 heavy (non-hydrogen) atoms. The normalized spacial score (nSPS) is 11.7. The van der Waals surface area contributed by atoms with Gasteiger partial charge >= 0.3 is 0 Å². The number of carbonyl (C=O) groups is 1. The van der Waals surface area contributed by atoms with Gasteiger partial charge in [-0.1, -0.05) is 30.3 Å². The Morgan fingerprint density at radius 3 is 2.65 bits per heavy atom. The summed E-state index contributed by atoms with van der Waals surface area (Å²) < 4.78 is 0. The second kappa shape index (κ2) is 5.00. The molecule has 0 spiro atoms. The summed E-state index contributed by atoms with van der Waals surface area (Å²) >= 11 is 0. The molecule has 2 aromatic rings. The molecule has 0 saturated heterocycles. The molecule has 1 N–H and O–H groups in total. The second-order valence-corrected chi connectivity index (χ2v) is 5.35. The van der Waals surface area contributed by atoms with E-state index in [-0.39, 0.29) is 5.91 Å². The first-order valence-electron chi connectivity index (χ1n) is 6.80. The van der Waals surface area contributed by atoms with Gasteiger partial charge in [0.05, 0.1) is 6.54 Å². The van der Waals surface area contributed by atoms with E-state index in [1.807, 2.05) is 6.07 Å². The largest absolute Gasteiger partial charge is 0.376 e. The maximum atomic E-state index is 11.6. The molecule has 0 heterocycles. The molecule has 0 atom stereocenters. The highest BCUT2D eigenvalue weighted by Gasteiger charge is 2.17. The molecule has 2 aromatic carbocycles. The minimum Gasteiger partial charge on any atom is -0.376 e. The number of nitrogens with one attached hydrogen (secondary N) is 1. The van der Waals surface area contributed by atoms with Gasteiger partial charge in [-0.05, 0) is 40.8 Å². The van der Waals surface area contributed by atoms with E-state index in [1.165, 1.54) is 22.3 Å². The zero-order chi connectivity index (χ0) is 14.1. The fraction of sp³-hybridized carbons (Fsp3) is 0.235. The van der Waals surface area contributed by atoms with E-state index >= 15 is 0 Å². The lowest BCUT2D eigenvalue weighted by Crippen LogP contribution is -2.28. The van der Waals surface area contributed by atoms with Crippen molar-refractivity contribution in [2.45, 2.75) is 6.42 Å². The summed E-state index contributed by atoms with van der Waals surface area (Å²) in [5.41, 5.74) is 6.35. The van der Waals surface area contributed by atoms with Crippen molar-refractivity contribution in [1.82, 2.24) is 4.90 Å². The summed E-state index contributed by atoms with van der Waals surface area (Å²) in [5, 5.41) is 3.19. The van der Waals surface area contributed by atoms with Crippen LogP contribution in [-0.4, -0.2) is 31.4 Å². The zero-order valence-corrected chi connectivity index (χ0v) is 11.8. The van der Waals surface area contributed by atoms with Crippen LogP contribution in [-0.2, 0) is 11.2 Å². The molecule has 102 valence electrons. The van der Waals surface area contributed by atoms with E-state index in [0.29, 0.717) is 6.54 Å². The van der Waals surface area contributed by atoms with Crippen LogP contribution in [0.1, 0.15) is 11.1 Å². The Hall–Kier alpha value is -2.29. The predicted octanol–water partition coefficient (Wildman–Crippen LogP) is 2.76. The second-order valence-electron chi connectivity index (χ2n) is 5.35. The molecule has 0 saturated carbocycles. The third-order valence-electron chi connectivity index (χ3n) is 3.74. The molecule has 3 heteroatoms. The monoisotopic (exact) mass is 266 g/mol. The molecule has 0 fully saturated rings. The lowest BCUT2D eigenvalue weighted by molar-refractivity contribution is -0.126. The summed E-state index contributed by atoms with van der Waals surface area (Å²) in [4.78, 5) is 13.2. The Balaban J connectivity index is 1.79. The number of anilines is 1. The van der Waals surface area contributed by atoms with Crippen LogP contribution < -0.4 is 5.32 Å². The standard InChI is InChI=1S/C17H18N2O/c1-19(2)17(20)11-18-14-7-8-16-13(10-14)9-12-5-3-4-6-15(12)16/h3-8,10,18H,9,11H2,1-2H3. The SMILES string of the molecule is CN(C)C(=O)CNc1ccc2c(c1)Cc1ccccc1-2. The summed E-state index contributed by atoms with van der Waals surface area (Å²) in [6, 6.07) is 14.9. The van der Waals surface area contributed by atoms with Gasteiger partial charge in [0.25, 0.3) is 0 Å². The van der Waals surface area contributed by atoms with Gasteiger partial charge in [-0.3, -0.25) is 4.79 Å². The maximum absolute atomic E-state index is 11.6. The highest BCUT2D eigenvalue weighted by atomic mass is 16.2. The van der Waals surface area contributed by atoms with Gasteiger partial charge in [-0.25, -0.2) is 0 Å². The lowest BCUT2D eigenvalue weighted by atomic mass is 10.1. The number of benzene rings is 2. The number of amides is 1. The van der Waals surface area contributed by atoms with Crippen LogP contribution in [0.5, 0.6) is 0 Å². The van der Waals surface area contributed by atoms with Gasteiger partial charge in [-0.2, -0.15) is 0 Å². The molecule has 1 aliphatic carbocycles. The van der Waals surface area contributed by atoms with Gasteiger partial charge in [0.15, 0.2) is 0 Å². The molecule has 0 aliphatic heterocycles. The van der Waals surface area contributed by atoms with Gasteiger partial charge in [0.2, 0.25) is 5.91 Å². The molecule has 0 radical (unpaired) electrons. The van der Waals surface area contributed by atoms with Crippen molar-refractivity contribution in [3.05, 3.63) is 53.6 Å². The van der Waals surface area contributed by atoms with E-state index in [4.69, 9.17) is 0 Å². The average Bonchev–Trinajstić information content (AvgIpc) is 2.82. The number of hydrogen-bond acceptors (Lipinski definition) is 2. The van der Waals surface area contributed by atoms with Crippen LogP contribution in [0.4, 0.5) is 5.69 Å². The first-order valence-corrected chi connectivity index (χ1v) is 6.80. The van der Waals surface area contributed by atoms with E-state index in [9.17, 15) is 4.79 Å². The van der Waals surface area contributed by atoms with Crippen molar-refractivity contribution in [3.8, 4) is 11.1 Å². The Bertz CT molecular complexity index is 662. The van der Waals surface area contributed by atoms with Crippen molar-refractivity contribution in [2.75, 3.05) is 26.0 Å². The van der Waals surface area contributed by atoms with Crippen LogP contribution in [0.3, 0.4) is 0 Å². The van der Waals surface area contributed by atoms with E-state index < -0.39 is 0 Å². The molecular weight excluding hydrogens is 248 g/mol. The average molecular weight is 266 g/mol. The number of carbonyl (C=O) groups excluding carboxylic acids is 1. The highest BCUT2D eigenvalue weighted by molar-refractivity contribution is 5.82. The van der Waals surface area contributed by atoms with Crippen molar-refractivity contribution in [2.24, 2.45) is 0 Å². The Morgan fingerprint density at radius 2 is 1.85 bits per heavy atom. The molecule has 1 aliphatic rings. The van der Waals surface area contributed by atoms with Crippen LogP contribution in [0.2, 0.25) is 0 Å². The summed E-state index contributed by atoms with van der Waals surface area (Å²) in [7, 11) is 3.53. The fourth-order valence-electron chi connectivity index (χ4n) is 2.59. The van der Waals surface area contributed by atoms with Crippen molar-refractivity contribution >= 4 is 11.6 Å². The third kappa shape index (κ3) is 2.27. The molecule has 3 nitrogen and oxygen atoms in total. The number of hydrogen-bond donors (Lipinski definition) is 1. The van der Waals surface area contributed by atoms with Crippen LogP contribution >= 0.6 is 0 Å². The first kappa shape index (κ1) is 12.7. The van der Waals surface area contributed by atoms with Gasteiger partial charge in [0, 0.05) is 19.8 Å². The number of likely N-dealkylation sites (N-methyl/N-ethyl adjacent to an activating group) is 1.